The van der Waals surface area contributed by atoms with Crippen LogP contribution in [0.5, 0.6) is 0 Å². The third-order valence-electron chi connectivity index (χ3n) is 2.25. The number of hydrogen-bond donors (Lipinski definition) is 2. The topological polar surface area (TPSA) is 49.3 Å². The van der Waals surface area contributed by atoms with Gasteiger partial charge in [-0.25, -0.2) is 0 Å². The molecule has 0 aliphatic heterocycles. The molecule has 0 fully saturated rings. The number of aliphatic hydroxyl groups excluding tert-OH is 1. The van der Waals surface area contributed by atoms with Gasteiger partial charge in [0.15, 0.2) is 0 Å². The van der Waals surface area contributed by atoms with Gasteiger partial charge in [-0.1, -0.05) is 37.3 Å². The lowest BCUT2D eigenvalue weighted by molar-refractivity contribution is -0.120. The molecular formula is C12H17NO2. The molecule has 0 aliphatic rings. The van der Waals surface area contributed by atoms with Gasteiger partial charge in [0, 0.05) is 13.0 Å². The van der Waals surface area contributed by atoms with Crippen LogP contribution in [0.3, 0.4) is 0 Å². The number of hydrogen-bond acceptors (Lipinski definition) is 2. The largest absolute Gasteiger partial charge is 0.388 e. The van der Waals surface area contributed by atoms with Crippen LogP contribution in [0.25, 0.3) is 0 Å². The Morgan fingerprint density at radius 1 is 1.40 bits per heavy atom. The molecule has 1 aromatic carbocycles. The molecular weight excluding hydrogens is 190 g/mol. The van der Waals surface area contributed by atoms with Gasteiger partial charge in [-0.3, -0.25) is 4.79 Å². The fourth-order valence-electron chi connectivity index (χ4n) is 1.32. The minimum Gasteiger partial charge on any atom is -0.388 e. The van der Waals surface area contributed by atoms with Crippen molar-refractivity contribution in [2.24, 2.45) is 0 Å². The summed E-state index contributed by atoms with van der Waals surface area (Å²) in [7, 11) is 0. The highest BCUT2D eigenvalue weighted by molar-refractivity contribution is 5.75. The molecule has 1 amide bonds. The molecule has 3 nitrogen and oxygen atoms in total. The Balaban J connectivity index is 2.31. The number of carbonyl (C=O) groups is 1. The van der Waals surface area contributed by atoms with E-state index < -0.39 is 6.10 Å². The minimum absolute atomic E-state index is 0.0234. The van der Waals surface area contributed by atoms with Crippen LogP contribution in [0.1, 0.15) is 31.4 Å². The summed E-state index contributed by atoms with van der Waals surface area (Å²) in [5.41, 5.74) is 0.892. The minimum atomic E-state index is -0.497. The Hall–Kier alpha value is -1.35. The summed E-state index contributed by atoms with van der Waals surface area (Å²) in [5, 5.41) is 12.5. The van der Waals surface area contributed by atoms with Crippen LogP contribution < -0.4 is 5.32 Å². The number of aliphatic hydroxyl groups is 1. The average Bonchev–Trinajstić information content (AvgIpc) is 2.29. The van der Waals surface area contributed by atoms with E-state index in [1.807, 2.05) is 37.3 Å². The van der Waals surface area contributed by atoms with Crippen LogP contribution >= 0.6 is 0 Å². The second-order valence-corrected chi connectivity index (χ2v) is 3.42. The highest BCUT2D eigenvalue weighted by Crippen LogP contribution is 2.14. The first-order valence-electron chi connectivity index (χ1n) is 5.23. The molecule has 0 bridgehead atoms. The smallest absolute Gasteiger partial charge is 0.219 e. The van der Waals surface area contributed by atoms with E-state index in [9.17, 15) is 9.90 Å². The Labute approximate surface area is 90.1 Å². The van der Waals surface area contributed by atoms with Gasteiger partial charge in [-0.15, -0.1) is 0 Å². The van der Waals surface area contributed by atoms with E-state index in [4.69, 9.17) is 0 Å². The molecule has 1 unspecified atom stereocenters. The Morgan fingerprint density at radius 2 is 2.07 bits per heavy atom. The monoisotopic (exact) mass is 207 g/mol. The van der Waals surface area contributed by atoms with Crippen LogP contribution in [-0.2, 0) is 4.79 Å². The predicted molar refractivity (Wildman–Crippen MR) is 59.3 cm³/mol. The second-order valence-electron chi connectivity index (χ2n) is 3.42. The average molecular weight is 207 g/mol. The van der Waals surface area contributed by atoms with Crippen molar-refractivity contribution < 1.29 is 9.90 Å². The van der Waals surface area contributed by atoms with E-state index in [0.717, 1.165) is 5.56 Å². The van der Waals surface area contributed by atoms with Crippen molar-refractivity contribution in [3.63, 3.8) is 0 Å². The molecule has 1 rings (SSSR count). The molecule has 82 valence electrons. The van der Waals surface area contributed by atoms with E-state index in [-0.39, 0.29) is 5.91 Å². The van der Waals surface area contributed by atoms with E-state index >= 15 is 0 Å². The molecule has 1 aromatic rings. The van der Waals surface area contributed by atoms with Crippen LogP contribution in [0.15, 0.2) is 30.3 Å². The molecule has 0 radical (unpaired) electrons. The SMILES string of the molecule is CCC(=O)NCCC(O)c1ccccc1. The molecule has 0 aromatic heterocycles. The van der Waals surface area contributed by atoms with Crippen molar-refractivity contribution in [2.75, 3.05) is 6.54 Å². The second kappa shape index (κ2) is 6.19. The molecule has 0 aliphatic carbocycles. The maximum absolute atomic E-state index is 10.9. The molecule has 0 saturated heterocycles. The summed E-state index contributed by atoms with van der Waals surface area (Å²) in [6, 6.07) is 9.46. The zero-order valence-electron chi connectivity index (χ0n) is 8.94. The maximum Gasteiger partial charge on any atom is 0.219 e. The van der Waals surface area contributed by atoms with Crippen molar-refractivity contribution in [3.8, 4) is 0 Å². The molecule has 2 N–H and O–H groups in total. The highest BCUT2D eigenvalue weighted by Gasteiger charge is 2.06. The van der Waals surface area contributed by atoms with Crippen molar-refractivity contribution in [3.05, 3.63) is 35.9 Å². The number of nitrogens with one attached hydrogen (secondary N) is 1. The Kier molecular flexibility index (Phi) is 4.84. The summed E-state index contributed by atoms with van der Waals surface area (Å²) in [6.07, 6.45) is 0.542. The standard InChI is InChI=1S/C12H17NO2/c1-2-12(15)13-9-8-11(14)10-6-4-3-5-7-10/h3-7,11,14H,2,8-9H2,1H3,(H,13,15). The number of rotatable bonds is 5. The summed E-state index contributed by atoms with van der Waals surface area (Å²) in [4.78, 5) is 10.9. The van der Waals surface area contributed by atoms with Gasteiger partial charge in [0.05, 0.1) is 6.10 Å². The number of amides is 1. The number of carbonyl (C=O) groups excluding carboxylic acids is 1. The lowest BCUT2D eigenvalue weighted by atomic mass is 10.1. The van der Waals surface area contributed by atoms with Gasteiger partial charge < -0.3 is 10.4 Å². The molecule has 0 heterocycles. The van der Waals surface area contributed by atoms with Gasteiger partial charge in [-0.2, -0.15) is 0 Å². The molecule has 1 atom stereocenters. The van der Waals surface area contributed by atoms with Crippen LogP contribution in [0, 0.1) is 0 Å². The van der Waals surface area contributed by atoms with E-state index in [0.29, 0.717) is 19.4 Å². The van der Waals surface area contributed by atoms with Crippen molar-refractivity contribution in [1.29, 1.82) is 0 Å². The van der Waals surface area contributed by atoms with Crippen molar-refractivity contribution >= 4 is 5.91 Å². The normalized spacial score (nSPS) is 12.1. The summed E-state index contributed by atoms with van der Waals surface area (Å²) >= 11 is 0. The Morgan fingerprint density at radius 3 is 2.67 bits per heavy atom. The van der Waals surface area contributed by atoms with Crippen LogP contribution in [0.2, 0.25) is 0 Å². The summed E-state index contributed by atoms with van der Waals surface area (Å²) in [5.74, 6) is 0.0234. The van der Waals surface area contributed by atoms with Gasteiger partial charge in [0.2, 0.25) is 5.91 Å². The predicted octanol–water partition coefficient (Wildman–Crippen LogP) is 1.64. The van der Waals surface area contributed by atoms with E-state index in [2.05, 4.69) is 5.32 Å². The van der Waals surface area contributed by atoms with Gasteiger partial charge in [0.25, 0.3) is 0 Å². The van der Waals surface area contributed by atoms with Crippen molar-refractivity contribution in [1.82, 2.24) is 5.32 Å². The van der Waals surface area contributed by atoms with Gasteiger partial charge in [0.1, 0.15) is 0 Å². The third-order valence-corrected chi connectivity index (χ3v) is 2.25. The fraction of sp³-hybridized carbons (Fsp3) is 0.417. The third kappa shape index (κ3) is 4.13. The van der Waals surface area contributed by atoms with Gasteiger partial charge in [-0.05, 0) is 12.0 Å². The quantitative estimate of drug-likeness (QED) is 0.771. The summed E-state index contributed by atoms with van der Waals surface area (Å²) < 4.78 is 0. The Bertz CT molecular complexity index is 298. The fourth-order valence-corrected chi connectivity index (χ4v) is 1.32. The first-order valence-corrected chi connectivity index (χ1v) is 5.23. The van der Waals surface area contributed by atoms with E-state index in [1.165, 1.54) is 0 Å². The zero-order valence-corrected chi connectivity index (χ0v) is 8.94. The van der Waals surface area contributed by atoms with E-state index in [1.54, 1.807) is 0 Å². The first kappa shape index (κ1) is 11.7. The van der Waals surface area contributed by atoms with Crippen LogP contribution in [-0.4, -0.2) is 17.6 Å². The van der Waals surface area contributed by atoms with Crippen LogP contribution in [0.4, 0.5) is 0 Å². The molecule has 3 heteroatoms. The molecule has 15 heavy (non-hydrogen) atoms. The maximum atomic E-state index is 10.9. The lowest BCUT2D eigenvalue weighted by Gasteiger charge is -2.11. The lowest BCUT2D eigenvalue weighted by Crippen LogP contribution is -2.24. The van der Waals surface area contributed by atoms with Gasteiger partial charge >= 0.3 is 0 Å². The molecule has 0 saturated carbocycles. The molecule has 0 spiro atoms. The highest BCUT2D eigenvalue weighted by atomic mass is 16.3. The zero-order chi connectivity index (χ0) is 11.1. The first-order chi connectivity index (χ1) is 7.24. The number of benzene rings is 1. The summed E-state index contributed by atoms with van der Waals surface area (Å²) in [6.45, 7) is 2.33. The van der Waals surface area contributed by atoms with Crippen molar-refractivity contribution in [2.45, 2.75) is 25.9 Å².